The van der Waals surface area contributed by atoms with Gasteiger partial charge in [-0.2, -0.15) is 5.10 Å². The van der Waals surface area contributed by atoms with Crippen LogP contribution < -0.4 is 5.32 Å². The van der Waals surface area contributed by atoms with E-state index in [0.29, 0.717) is 24.2 Å². The van der Waals surface area contributed by atoms with Crippen LogP contribution in [0, 0.1) is 6.92 Å². The number of aryl methyl sites for hydroxylation is 2. The monoisotopic (exact) mass is 310 g/mol. The summed E-state index contributed by atoms with van der Waals surface area (Å²) in [5.74, 6) is 3.73. The summed E-state index contributed by atoms with van der Waals surface area (Å²) in [7, 11) is 0. The van der Waals surface area contributed by atoms with Crippen LogP contribution in [0.15, 0.2) is 23.8 Å². The predicted molar refractivity (Wildman–Crippen MR) is 86.1 cm³/mol. The number of piperidine rings is 1. The molecule has 1 unspecified atom stereocenters. The number of nitrogens with zero attached hydrogens (tertiary/aromatic N) is 3. The van der Waals surface area contributed by atoms with Crippen molar-refractivity contribution < 1.29 is 9.59 Å². The van der Waals surface area contributed by atoms with E-state index in [1.54, 1.807) is 6.20 Å². The highest BCUT2D eigenvalue weighted by Gasteiger charge is 2.27. The smallest absolute Gasteiger partial charge is 0.148 e. The first-order chi connectivity index (χ1) is 11.2. The van der Waals surface area contributed by atoms with Crippen molar-refractivity contribution in [2.75, 3.05) is 0 Å². The van der Waals surface area contributed by atoms with Gasteiger partial charge in [-0.1, -0.05) is 13.3 Å². The summed E-state index contributed by atoms with van der Waals surface area (Å²) in [5.41, 5.74) is 3.71. The van der Waals surface area contributed by atoms with Gasteiger partial charge in [-0.25, -0.2) is 9.59 Å². The summed E-state index contributed by atoms with van der Waals surface area (Å²) in [5, 5.41) is 8.56. The Hall–Kier alpha value is -2.68. The van der Waals surface area contributed by atoms with E-state index in [4.69, 9.17) is 0 Å². The van der Waals surface area contributed by atoms with E-state index >= 15 is 0 Å². The average Bonchev–Trinajstić information content (AvgIpc) is 2.92. The van der Waals surface area contributed by atoms with Crippen LogP contribution in [0.5, 0.6) is 0 Å². The van der Waals surface area contributed by atoms with Gasteiger partial charge in [0.05, 0.1) is 17.4 Å². The van der Waals surface area contributed by atoms with Crippen molar-refractivity contribution in [3.05, 3.63) is 35.0 Å². The molecular formula is C17H18N4O2. The molecule has 6 heteroatoms. The topological polar surface area (TPSA) is 76.9 Å². The zero-order valence-electron chi connectivity index (χ0n) is 13.2. The lowest BCUT2D eigenvalue weighted by molar-refractivity contribution is 0.438. The molecule has 2 aromatic rings. The molecule has 1 fully saturated rings. The molecule has 6 nitrogen and oxygen atoms in total. The third-order valence-electron chi connectivity index (χ3n) is 4.21. The Bertz CT molecular complexity index is 855. The summed E-state index contributed by atoms with van der Waals surface area (Å²) >= 11 is 0. The van der Waals surface area contributed by atoms with E-state index in [1.165, 1.54) is 5.56 Å². The molecule has 0 radical (unpaired) electrons. The number of aromatic nitrogens is 3. The Morgan fingerprint density at radius 2 is 2.17 bits per heavy atom. The van der Waals surface area contributed by atoms with Crippen molar-refractivity contribution in [2.24, 2.45) is 0 Å². The van der Waals surface area contributed by atoms with E-state index in [-0.39, 0.29) is 6.04 Å². The van der Waals surface area contributed by atoms with Crippen molar-refractivity contribution >= 4 is 22.8 Å². The van der Waals surface area contributed by atoms with Crippen molar-refractivity contribution in [3.8, 4) is 0 Å². The van der Waals surface area contributed by atoms with Gasteiger partial charge in [-0.05, 0) is 25.3 Å². The maximum atomic E-state index is 11.3. The SMILES string of the molecule is CCCc1cncc2c1c(C)nn2C1CCC(=C=O)NC1=C=O. The predicted octanol–water partition coefficient (Wildman–Crippen LogP) is 2.05. The van der Waals surface area contributed by atoms with Gasteiger partial charge < -0.3 is 5.32 Å². The normalized spacial score (nSPS) is 17.7. The Labute approximate surface area is 133 Å². The lowest BCUT2D eigenvalue weighted by atomic mass is 10.0. The zero-order chi connectivity index (χ0) is 16.4. The van der Waals surface area contributed by atoms with Gasteiger partial charge in [0.1, 0.15) is 29.3 Å². The molecule has 0 amide bonds. The van der Waals surface area contributed by atoms with Crippen molar-refractivity contribution in [1.29, 1.82) is 0 Å². The van der Waals surface area contributed by atoms with Crippen LogP contribution in [0.4, 0.5) is 0 Å². The van der Waals surface area contributed by atoms with E-state index in [9.17, 15) is 9.59 Å². The van der Waals surface area contributed by atoms with Gasteiger partial charge in [0.15, 0.2) is 0 Å². The number of allylic oxidation sites excluding steroid dienone is 2. The van der Waals surface area contributed by atoms with Crippen LogP contribution in [0.3, 0.4) is 0 Å². The molecule has 0 spiro atoms. The Kier molecular flexibility index (Phi) is 4.11. The molecule has 2 aromatic heterocycles. The Balaban J connectivity index is 2.12. The number of hydrogen-bond donors (Lipinski definition) is 1. The first kappa shape index (κ1) is 15.2. The van der Waals surface area contributed by atoms with Crippen molar-refractivity contribution in [3.63, 3.8) is 0 Å². The molecule has 0 aliphatic carbocycles. The lowest BCUT2D eigenvalue weighted by Crippen LogP contribution is -2.29. The molecule has 0 bridgehead atoms. The number of nitrogens with one attached hydrogen (secondary N) is 1. The largest absolute Gasteiger partial charge is 0.342 e. The average molecular weight is 310 g/mol. The molecular weight excluding hydrogens is 292 g/mol. The quantitative estimate of drug-likeness (QED) is 0.878. The minimum absolute atomic E-state index is 0.264. The second-order valence-electron chi connectivity index (χ2n) is 5.75. The summed E-state index contributed by atoms with van der Waals surface area (Å²) < 4.78 is 1.83. The third-order valence-corrected chi connectivity index (χ3v) is 4.21. The number of pyridine rings is 1. The van der Waals surface area contributed by atoms with Gasteiger partial charge in [0.2, 0.25) is 0 Å². The molecule has 0 saturated carbocycles. The maximum absolute atomic E-state index is 11.3. The standard InChI is InChI=1S/C17H18N4O2/c1-3-4-12-7-18-8-16-17(12)11(2)20-21(16)15-6-5-13(9-22)19-14(15)10-23/h7-8,15,19H,3-6H2,1-2H3. The minimum atomic E-state index is -0.264. The van der Waals surface area contributed by atoms with E-state index < -0.39 is 0 Å². The highest BCUT2D eigenvalue weighted by atomic mass is 16.1. The van der Waals surface area contributed by atoms with E-state index in [0.717, 1.165) is 29.4 Å². The minimum Gasteiger partial charge on any atom is -0.342 e. The molecule has 1 N–H and O–H groups in total. The van der Waals surface area contributed by atoms with Gasteiger partial charge in [0.25, 0.3) is 0 Å². The first-order valence-electron chi connectivity index (χ1n) is 7.77. The Morgan fingerprint density at radius 1 is 1.35 bits per heavy atom. The van der Waals surface area contributed by atoms with Crippen LogP contribution in [-0.2, 0) is 16.0 Å². The number of carbonyl (C=O) groups excluding carboxylic acids is 2. The van der Waals surface area contributed by atoms with Crippen LogP contribution in [0.25, 0.3) is 10.9 Å². The second kappa shape index (κ2) is 6.21. The maximum Gasteiger partial charge on any atom is 0.148 e. The molecule has 1 aliphatic heterocycles. The van der Waals surface area contributed by atoms with Gasteiger partial charge in [0, 0.05) is 18.0 Å². The molecule has 1 aliphatic rings. The van der Waals surface area contributed by atoms with Crippen molar-refractivity contribution in [1.82, 2.24) is 20.1 Å². The molecule has 3 rings (SSSR count). The van der Waals surface area contributed by atoms with Crippen molar-refractivity contribution in [2.45, 2.75) is 45.6 Å². The van der Waals surface area contributed by atoms with Gasteiger partial charge in [-0.3, -0.25) is 9.67 Å². The zero-order valence-corrected chi connectivity index (χ0v) is 13.2. The third kappa shape index (κ3) is 2.59. The summed E-state index contributed by atoms with van der Waals surface area (Å²) in [4.78, 5) is 26.4. The van der Waals surface area contributed by atoms with Crippen LogP contribution in [0.2, 0.25) is 0 Å². The second-order valence-corrected chi connectivity index (χ2v) is 5.75. The fourth-order valence-electron chi connectivity index (χ4n) is 3.19. The number of hydrogen-bond acceptors (Lipinski definition) is 5. The molecule has 118 valence electrons. The van der Waals surface area contributed by atoms with Gasteiger partial charge in [-0.15, -0.1) is 0 Å². The first-order valence-corrected chi connectivity index (χ1v) is 7.77. The van der Waals surface area contributed by atoms with E-state index in [1.807, 2.05) is 29.7 Å². The fraction of sp³-hybridized carbons (Fsp3) is 0.412. The van der Waals surface area contributed by atoms with Crippen LogP contribution >= 0.6 is 0 Å². The van der Waals surface area contributed by atoms with Crippen LogP contribution in [-0.4, -0.2) is 26.6 Å². The van der Waals surface area contributed by atoms with Gasteiger partial charge >= 0.3 is 0 Å². The summed E-state index contributed by atoms with van der Waals surface area (Å²) in [6, 6.07) is -0.264. The fourth-order valence-corrected chi connectivity index (χ4v) is 3.19. The van der Waals surface area contributed by atoms with E-state index in [2.05, 4.69) is 22.3 Å². The Morgan fingerprint density at radius 3 is 2.87 bits per heavy atom. The molecule has 0 aromatic carbocycles. The lowest BCUT2D eigenvalue weighted by Gasteiger charge is -2.25. The van der Waals surface area contributed by atoms with Crippen LogP contribution in [0.1, 0.15) is 43.5 Å². The molecule has 23 heavy (non-hydrogen) atoms. The summed E-state index contributed by atoms with van der Waals surface area (Å²) in [6.45, 7) is 4.10. The molecule has 1 atom stereocenters. The molecule has 1 saturated heterocycles. The highest BCUT2D eigenvalue weighted by Crippen LogP contribution is 2.32. The number of fused-ring (bicyclic) bond motifs is 1. The number of rotatable bonds is 3. The highest BCUT2D eigenvalue weighted by molar-refractivity contribution is 5.84. The molecule has 3 heterocycles. The summed E-state index contributed by atoms with van der Waals surface area (Å²) in [6.07, 6.45) is 6.77.